The molecule has 3 unspecified atom stereocenters. The maximum absolute atomic E-state index is 10.3. The molecule has 0 heterocycles. The van der Waals surface area contributed by atoms with Gasteiger partial charge in [0.1, 0.15) is 5.75 Å². The van der Waals surface area contributed by atoms with Crippen molar-refractivity contribution < 1.29 is 9.84 Å². The monoisotopic (exact) mass is 299 g/mol. The van der Waals surface area contributed by atoms with Gasteiger partial charge >= 0.3 is 0 Å². The number of ether oxygens (including phenoxy) is 1. The molecule has 1 fully saturated rings. The number of aliphatic hydroxyl groups excluding tert-OH is 1. The number of hydrogen-bond acceptors (Lipinski definition) is 3. The first-order chi connectivity index (χ1) is 9.13. The van der Waals surface area contributed by atoms with E-state index in [0.717, 1.165) is 25.0 Å². The van der Waals surface area contributed by atoms with Crippen molar-refractivity contribution in [3.8, 4) is 5.75 Å². The predicted octanol–water partition coefficient (Wildman–Crippen LogP) is 3.27. The van der Waals surface area contributed by atoms with E-state index in [2.05, 4.69) is 31.1 Å². The van der Waals surface area contributed by atoms with E-state index in [4.69, 9.17) is 4.74 Å². The topological polar surface area (TPSA) is 32.7 Å². The zero-order valence-electron chi connectivity index (χ0n) is 12.6. The maximum atomic E-state index is 10.3. The van der Waals surface area contributed by atoms with Crippen molar-refractivity contribution in [1.29, 1.82) is 0 Å². The van der Waals surface area contributed by atoms with Crippen LogP contribution in [0.15, 0.2) is 24.3 Å². The fourth-order valence-electron chi connectivity index (χ4n) is 3.26. The predicted molar refractivity (Wildman–Crippen MR) is 84.6 cm³/mol. The van der Waals surface area contributed by atoms with Gasteiger partial charge in [0.05, 0.1) is 13.2 Å². The van der Waals surface area contributed by atoms with Crippen molar-refractivity contribution in [2.75, 3.05) is 21.2 Å². The highest BCUT2D eigenvalue weighted by molar-refractivity contribution is 5.85. The van der Waals surface area contributed by atoms with E-state index in [9.17, 15) is 5.11 Å². The van der Waals surface area contributed by atoms with Crippen LogP contribution in [-0.4, -0.2) is 37.3 Å². The Balaban J connectivity index is 0.00000200. The van der Waals surface area contributed by atoms with Crippen LogP contribution in [0.5, 0.6) is 5.75 Å². The maximum Gasteiger partial charge on any atom is 0.119 e. The Labute approximate surface area is 128 Å². The molecule has 0 amide bonds. The molecule has 114 valence electrons. The third-order valence-electron chi connectivity index (χ3n) is 4.18. The van der Waals surface area contributed by atoms with Gasteiger partial charge in [-0.3, -0.25) is 0 Å². The minimum Gasteiger partial charge on any atom is -0.497 e. The van der Waals surface area contributed by atoms with Crippen LogP contribution in [0.25, 0.3) is 0 Å². The SMILES string of the molecule is COc1cccc(C(C2CCCCC2O)N(C)C)c1.Cl. The molecule has 3 nitrogen and oxygen atoms in total. The van der Waals surface area contributed by atoms with Crippen LogP contribution in [0.1, 0.15) is 37.3 Å². The van der Waals surface area contributed by atoms with E-state index in [0.29, 0.717) is 5.92 Å². The Hall–Kier alpha value is -0.770. The molecule has 2 rings (SSSR count). The summed E-state index contributed by atoms with van der Waals surface area (Å²) in [6.45, 7) is 0. The van der Waals surface area contributed by atoms with Crippen molar-refractivity contribution in [2.24, 2.45) is 5.92 Å². The zero-order valence-corrected chi connectivity index (χ0v) is 13.4. The molecule has 1 aromatic carbocycles. The van der Waals surface area contributed by atoms with Gasteiger partial charge in [-0.1, -0.05) is 25.0 Å². The summed E-state index contributed by atoms with van der Waals surface area (Å²) in [6.07, 6.45) is 4.21. The second-order valence-electron chi connectivity index (χ2n) is 5.70. The Bertz CT molecular complexity index is 411. The highest BCUT2D eigenvalue weighted by Gasteiger charge is 2.33. The molecule has 1 aliphatic carbocycles. The average molecular weight is 300 g/mol. The molecule has 0 aliphatic heterocycles. The number of nitrogens with zero attached hydrogens (tertiary/aromatic N) is 1. The first-order valence-electron chi connectivity index (χ1n) is 7.12. The molecule has 1 aromatic rings. The van der Waals surface area contributed by atoms with Gasteiger partial charge < -0.3 is 14.7 Å². The highest BCUT2D eigenvalue weighted by Crippen LogP contribution is 2.38. The minimum atomic E-state index is -0.188. The summed E-state index contributed by atoms with van der Waals surface area (Å²) in [5, 5.41) is 10.3. The van der Waals surface area contributed by atoms with Gasteiger partial charge in [-0.25, -0.2) is 0 Å². The molecule has 0 saturated heterocycles. The molecule has 4 heteroatoms. The Morgan fingerprint density at radius 3 is 2.55 bits per heavy atom. The average Bonchev–Trinajstić information content (AvgIpc) is 2.41. The van der Waals surface area contributed by atoms with E-state index < -0.39 is 0 Å². The summed E-state index contributed by atoms with van der Waals surface area (Å²) in [6, 6.07) is 8.47. The lowest BCUT2D eigenvalue weighted by atomic mass is 9.78. The van der Waals surface area contributed by atoms with Crippen molar-refractivity contribution in [2.45, 2.75) is 37.8 Å². The largest absolute Gasteiger partial charge is 0.497 e. The van der Waals surface area contributed by atoms with Crippen LogP contribution in [0.4, 0.5) is 0 Å². The van der Waals surface area contributed by atoms with Gasteiger partial charge in [0.2, 0.25) is 0 Å². The third kappa shape index (κ3) is 3.87. The summed E-state index contributed by atoms with van der Waals surface area (Å²) >= 11 is 0. The van der Waals surface area contributed by atoms with Gasteiger partial charge in [0.25, 0.3) is 0 Å². The quantitative estimate of drug-likeness (QED) is 0.926. The molecule has 0 aromatic heterocycles. The number of halogens is 1. The molecular formula is C16H26ClNO2. The van der Waals surface area contributed by atoms with Crippen LogP contribution in [0, 0.1) is 5.92 Å². The van der Waals surface area contributed by atoms with Crippen LogP contribution in [-0.2, 0) is 0 Å². The van der Waals surface area contributed by atoms with Crippen LogP contribution in [0.2, 0.25) is 0 Å². The second kappa shape index (κ2) is 7.87. The summed E-state index contributed by atoms with van der Waals surface area (Å²) in [4.78, 5) is 2.22. The van der Waals surface area contributed by atoms with Crippen molar-refractivity contribution in [1.82, 2.24) is 4.90 Å². The van der Waals surface area contributed by atoms with E-state index in [1.54, 1.807) is 7.11 Å². The third-order valence-corrected chi connectivity index (χ3v) is 4.18. The molecule has 1 N–H and O–H groups in total. The lowest BCUT2D eigenvalue weighted by Gasteiger charge is -2.38. The Kier molecular flexibility index (Phi) is 6.80. The molecule has 1 saturated carbocycles. The minimum absolute atomic E-state index is 0. The van der Waals surface area contributed by atoms with Crippen molar-refractivity contribution in [3.63, 3.8) is 0 Å². The van der Waals surface area contributed by atoms with E-state index in [1.807, 2.05) is 12.1 Å². The van der Waals surface area contributed by atoms with E-state index >= 15 is 0 Å². The van der Waals surface area contributed by atoms with Gasteiger partial charge in [-0.15, -0.1) is 12.4 Å². The molecule has 3 atom stereocenters. The van der Waals surface area contributed by atoms with Crippen LogP contribution >= 0.6 is 12.4 Å². The lowest BCUT2D eigenvalue weighted by Crippen LogP contribution is -2.36. The molecule has 0 radical (unpaired) electrons. The first-order valence-corrected chi connectivity index (χ1v) is 7.12. The zero-order chi connectivity index (χ0) is 13.8. The molecule has 0 spiro atoms. The number of rotatable bonds is 4. The number of benzene rings is 1. The Morgan fingerprint density at radius 2 is 1.95 bits per heavy atom. The molecular weight excluding hydrogens is 274 g/mol. The highest BCUT2D eigenvalue weighted by atomic mass is 35.5. The van der Waals surface area contributed by atoms with Gasteiger partial charge in [-0.05, 0) is 44.6 Å². The van der Waals surface area contributed by atoms with Gasteiger partial charge in [0, 0.05) is 12.0 Å². The summed E-state index contributed by atoms with van der Waals surface area (Å²) < 4.78 is 5.32. The first kappa shape index (κ1) is 17.3. The number of hydrogen-bond donors (Lipinski definition) is 1. The van der Waals surface area contributed by atoms with Crippen LogP contribution in [0.3, 0.4) is 0 Å². The van der Waals surface area contributed by atoms with Gasteiger partial charge in [0.15, 0.2) is 0 Å². The van der Waals surface area contributed by atoms with Gasteiger partial charge in [-0.2, -0.15) is 0 Å². The molecule has 1 aliphatic rings. The Morgan fingerprint density at radius 1 is 1.25 bits per heavy atom. The van der Waals surface area contributed by atoms with Crippen LogP contribution < -0.4 is 4.74 Å². The lowest BCUT2D eigenvalue weighted by molar-refractivity contribution is 0.0220. The standard InChI is InChI=1S/C16H25NO2.ClH/c1-17(2)16(14-9-4-5-10-15(14)18)12-7-6-8-13(11-12)19-3;/h6-8,11,14-16,18H,4-5,9-10H2,1-3H3;1H. The van der Waals surface area contributed by atoms with Crippen molar-refractivity contribution in [3.05, 3.63) is 29.8 Å². The summed E-state index contributed by atoms with van der Waals surface area (Å²) in [7, 11) is 5.87. The number of aliphatic hydroxyl groups is 1. The smallest absolute Gasteiger partial charge is 0.119 e. The fourth-order valence-corrected chi connectivity index (χ4v) is 3.26. The number of methoxy groups -OCH3 is 1. The summed E-state index contributed by atoms with van der Waals surface area (Å²) in [5.41, 5.74) is 1.23. The van der Waals surface area contributed by atoms with Crippen molar-refractivity contribution >= 4 is 12.4 Å². The summed E-state index contributed by atoms with van der Waals surface area (Å²) in [5.74, 6) is 1.20. The van der Waals surface area contributed by atoms with E-state index in [-0.39, 0.29) is 24.6 Å². The van der Waals surface area contributed by atoms with E-state index in [1.165, 1.54) is 12.0 Å². The molecule has 20 heavy (non-hydrogen) atoms. The molecule has 0 bridgehead atoms. The second-order valence-corrected chi connectivity index (χ2v) is 5.70. The normalized spacial score (nSPS) is 24.1. The fraction of sp³-hybridized carbons (Fsp3) is 0.625.